The van der Waals surface area contributed by atoms with Gasteiger partial charge in [0.25, 0.3) is 0 Å². The normalized spacial score (nSPS) is 15.3. The van der Waals surface area contributed by atoms with Gasteiger partial charge in [-0.1, -0.05) is 36.1 Å². The van der Waals surface area contributed by atoms with Gasteiger partial charge in [-0.25, -0.2) is 0 Å². The molecule has 2 amide bonds. The Kier molecular flexibility index (Phi) is 7.60. The molecule has 0 bridgehead atoms. The second-order valence-electron chi connectivity index (χ2n) is 9.00. The summed E-state index contributed by atoms with van der Waals surface area (Å²) < 4.78 is 0. The Labute approximate surface area is 214 Å². The van der Waals surface area contributed by atoms with Crippen LogP contribution in [0.5, 0.6) is 0 Å². The molecule has 0 spiro atoms. The molecule has 1 atom stereocenters. The molecule has 1 aromatic heterocycles. The van der Waals surface area contributed by atoms with Gasteiger partial charge in [-0.05, 0) is 61.2 Å². The molecule has 4 rings (SSSR count). The van der Waals surface area contributed by atoms with Crippen molar-refractivity contribution in [1.82, 2.24) is 30.8 Å². The quantitative estimate of drug-likeness (QED) is 0.284. The number of aromatic nitrogens is 4. The fourth-order valence-corrected chi connectivity index (χ4v) is 4.90. The first-order valence-electron chi connectivity index (χ1n) is 12.0. The number of nitrogens with two attached hydrogens (primary N) is 2. The van der Waals surface area contributed by atoms with Crippen molar-refractivity contribution < 1.29 is 9.59 Å². The fraction of sp³-hybridized carbons (Fsp3) is 0.308. The number of tetrazole rings is 1. The van der Waals surface area contributed by atoms with Gasteiger partial charge in [-0.2, -0.15) is 10.5 Å². The van der Waals surface area contributed by atoms with E-state index in [4.69, 9.17) is 11.5 Å². The van der Waals surface area contributed by atoms with Gasteiger partial charge in [0.15, 0.2) is 5.82 Å². The standard InChI is InChI=1S/C26H29N9O2/c1-17(35-14-2-3-22(35)15-27)16-30-13-12-26(25-31-33-34-32-25,20-8-4-18(5-9-20)23(28)36)21-10-6-19(7-11-21)24(29)37/h4-11,22,30H,1-3,12-14,16H2,(H2,28,36)(H2,29,37)(H,31,32,33,34). The lowest BCUT2D eigenvalue weighted by Crippen LogP contribution is -2.37. The molecular formula is C26H29N9O2. The number of hydrogen-bond donors (Lipinski definition) is 4. The highest BCUT2D eigenvalue weighted by molar-refractivity contribution is 5.93. The summed E-state index contributed by atoms with van der Waals surface area (Å²) in [7, 11) is 0. The van der Waals surface area contributed by atoms with Crippen molar-refractivity contribution in [3.8, 4) is 6.07 Å². The molecule has 1 saturated heterocycles. The van der Waals surface area contributed by atoms with Crippen molar-refractivity contribution in [1.29, 1.82) is 5.26 Å². The average molecular weight is 500 g/mol. The van der Waals surface area contributed by atoms with E-state index in [0.717, 1.165) is 36.2 Å². The minimum atomic E-state index is -0.878. The number of primary amides is 2. The smallest absolute Gasteiger partial charge is 0.248 e. The van der Waals surface area contributed by atoms with Crippen LogP contribution in [0.4, 0.5) is 0 Å². The number of nitriles is 1. The summed E-state index contributed by atoms with van der Waals surface area (Å²) in [6.45, 7) is 6.05. The third kappa shape index (κ3) is 5.19. The number of H-pyrrole nitrogens is 1. The third-order valence-electron chi connectivity index (χ3n) is 6.87. The minimum absolute atomic E-state index is 0.139. The van der Waals surface area contributed by atoms with Crippen molar-refractivity contribution in [2.24, 2.45) is 11.5 Å². The maximum absolute atomic E-state index is 11.7. The van der Waals surface area contributed by atoms with Crippen LogP contribution in [0.25, 0.3) is 0 Å². The Morgan fingerprint density at radius 1 is 1.11 bits per heavy atom. The van der Waals surface area contributed by atoms with Crippen LogP contribution in [0.2, 0.25) is 0 Å². The molecule has 1 unspecified atom stereocenters. The van der Waals surface area contributed by atoms with Crippen LogP contribution in [-0.2, 0) is 5.41 Å². The zero-order valence-electron chi connectivity index (χ0n) is 20.4. The number of carbonyl (C=O) groups excluding carboxylic acids is 2. The summed E-state index contributed by atoms with van der Waals surface area (Å²) in [6, 6.07) is 16.1. The summed E-state index contributed by atoms with van der Waals surface area (Å²) in [6.07, 6.45) is 2.33. The maximum atomic E-state index is 11.7. The zero-order chi connectivity index (χ0) is 26.4. The van der Waals surface area contributed by atoms with Crippen LogP contribution in [0.1, 0.15) is 56.9 Å². The van der Waals surface area contributed by atoms with E-state index in [-0.39, 0.29) is 6.04 Å². The number of likely N-dealkylation sites (tertiary alicyclic amines) is 1. The van der Waals surface area contributed by atoms with Gasteiger partial charge < -0.3 is 21.7 Å². The number of nitrogens with one attached hydrogen (secondary N) is 2. The van der Waals surface area contributed by atoms with Crippen LogP contribution in [0.15, 0.2) is 60.8 Å². The van der Waals surface area contributed by atoms with Gasteiger partial charge in [0.1, 0.15) is 6.04 Å². The largest absolute Gasteiger partial charge is 0.366 e. The van der Waals surface area contributed by atoms with Crippen LogP contribution in [0, 0.1) is 11.3 Å². The van der Waals surface area contributed by atoms with Gasteiger partial charge in [0.2, 0.25) is 11.8 Å². The van der Waals surface area contributed by atoms with E-state index < -0.39 is 17.2 Å². The summed E-state index contributed by atoms with van der Waals surface area (Å²) in [5.74, 6) is -0.628. The predicted octanol–water partition coefficient (Wildman–Crippen LogP) is 1.21. The number of nitrogens with zero attached hydrogens (tertiary/aromatic N) is 5. The molecule has 37 heavy (non-hydrogen) atoms. The van der Waals surface area contributed by atoms with Gasteiger partial charge in [0, 0.05) is 29.9 Å². The van der Waals surface area contributed by atoms with Crippen molar-refractivity contribution >= 4 is 11.8 Å². The molecule has 2 aromatic carbocycles. The fourth-order valence-electron chi connectivity index (χ4n) is 4.90. The molecule has 11 heteroatoms. The van der Waals surface area contributed by atoms with Gasteiger partial charge in [0.05, 0.1) is 11.5 Å². The molecule has 0 aliphatic carbocycles. The van der Waals surface area contributed by atoms with E-state index in [1.807, 2.05) is 29.2 Å². The number of aromatic amines is 1. The lowest BCUT2D eigenvalue weighted by molar-refractivity contribution is 0.0992. The molecule has 1 aliphatic heterocycles. The lowest BCUT2D eigenvalue weighted by atomic mass is 9.71. The lowest BCUT2D eigenvalue weighted by Gasteiger charge is -2.33. The van der Waals surface area contributed by atoms with Gasteiger partial charge in [-0.15, -0.1) is 10.2 Å². The van der Waals surface area contributed by atoms with Crippen molar-refractivity contribution in [2.45, 2.75) is 30.7 Å². The molecule has 2 heterocycles. The van der Waals surface area contributed by atoms with Gasteiger partial charge >= 0.3 is 0 Å². The highest BCUT2D eigenvalue weighted by atomic mass is 16.1. The predicted molar refractivity (Wildman–Crippen MR) is 136 cm³/mol. The monoisotopic (exact) mass is 499 g/mol. The SMILES string of the molecule is C=C(CNCCC(c1ccc(C(N)=O)cc1)(c1ccc(C(N)=O)cc1)c1nn[nH]n1)N1CCCC1C#N. The third-order valence-corrected chi connectivity index (χ3v) is 6.87. The number of amides is 2. The first-order chi connectivity index (χ1) is 17.9. The molecule has 190 valence electrons. The van der Waals surface area contributed by atoms with E-state index in [2.05, 4.69) is 38.6 Å². The van der Waals surface area contributed by atoms with E-state index in [1.165, 1.54) is 0 Å². The molecule has 1 aliphatic rings. The second-order valence-corrected chi connectivity index (χ2v) is 9.00. The zero-order valence-corrected chi connectivity index (χ0v) is 20.4. The topological polar surface area (TPSA) is 180 Å². The highest BCUT2D eigenvalue weighted by Crippen LogP contribution is 2.40. The van der Waals surface area contributed by atoms with Crippen LogP contribution in [-0.4, -0.2) is 63.0 Å². The van der Waals surface area contributed by atoms with Crippen LogP contribution >= 0.6 is 0 Å². The second kappa shape index (κ2) is 11.0. The highest BCUT2D eigenvalue weighted by Gasteiger charge is 2.40. The maximum Gasteiger partial charge on any atom is 0.248 e. The molecule has 6 N–H and O–H groups in total. The molecule has 11 nitrogen and oxygen atoms in total. The van der Waals surface area contributed by atoms with E-state index in [0.29, 0.717) is 36.5 Å². The summed E-state index contributed by atoms with van der Waals surface area (Å²) in [4.78, 5) is 25.4. The molecular weight excluding hydrogens is 470 g/mol. The van der Waals surface area contributed by atoms with Crippen LogP contribution in [0.3, 0.4) is 0 Å². The summed E-state index contributed by atoms with van der Waals surface area (Å²) >= 11 is 0. The van der Waals surface area contributed by atoms with E-state index in [9.17, 15) is 14.9 Å². The number of carbonyl (C=O) groups is 2. The number of rotatable bonds is 11. The number of hydrogen-bond acceptors (Lipinski definition) is 8. The van der Waals surface area contributed by atoms with Crippen molar-refractivity contribution in [3.63, 3.8) is 0 Å². The van der Waals surface area contributed by atoms with E-state index >= 15 is 0 Å². The Morgan fingerprint density at radius 2 is 1.70 bits per heavy atom. The first kappa shape index (κ1) is 25.5. The Morgan fingerprint density at radius 3 is 2.19 bits per heavy atom. The van der Waals surface area contributed by atoms with E-state index in [1.54, 1.807) is 24.3 Å². The molecule has 3 aromatic rings. The Bertz CT molecular complexity index is 1240. The molecule has 0 radical (unpaired) electrons. The van der Waals surface area contributed by atoms with Crippen molar-refractivity contribution in [3.05, 3.63) is 88.9 Å². The molecule has 1 fully saturated rings. The van der Waals surface area contributed by atoms with Gasteiger partial charge in [-0.3, -0.25) is 9.59 Å². The van der Waals surface area contributed by atoms with Crippen LogP contribution < -0.4 is 16.8 Å². The average Bonchev–Trinajstić information content (AvgIpc) is 3.62. The minimum Gasteiger partial charge on any atom is -0.366 e. The Balaban J connectivity index is 1.66. The van der Waals surface area contributed by atoms with Crippen molar-refractivity contribution in [2.75, 3.05) is 19.6 Å². The summed E-state index contributed by atoms with van der Waals surface area (Å²) in [5.41, 5.74) is 13.3. The number of benzene rings is 2. The molecule has 0 saturated carbocycles. The Hall–Kier alpha value is -4.56. The first-order valence-corrected chi connectivity index (χ1v) is 12.0. The summed E-state index contributed by atoms with van der Waals surface area (Å²) in [5, 5.41) is 27.8.